The van der Waals surface area contributed by atoms with Crippen molar-refractivity contribution in [2.24, 2.45) is 0 Å². The van der Waals surface area contributed by atoms with Crippen LogP contribution in [0.25, 0.3) is 0 Å². The molecule has 2 amide bonds. The highest BCUT2D eigenvalue weighted by molar-refractivity contribution is 5.94. The van der Waals surface area contributed by atoms with Crippen molar-refractivity contribution < 1.29 is 19.1 Å². The zero-order chi connectivity index (χ0) is 18.2. The molecule has 138 valence electrons. The summed E-state index contributed by atoms with van der Waals surface area (Å²) in [5.74, 6) is 0.720. The lowest BCUT2D eigenvalue weighted by atomic mass is 10.2. The number of rotatable bonds is 6. The summed E-state index contributed by atoms with van der Waals surface area (Å²) >= 11 is 0. The molecule has 1 aromatic rings. The summed E-state index contributed by atoms with van der Waals surface area (Å²) in [6.07, 6.45) is -0.284. The Morgan fingerprint density at radius 1 is 1.08 bits per heavy atom. The highest BCUT2D eigenvalue weighted by Crippen LogP contribution is 2.16. The minimum Gasteiger partial charge on any atom is -0.494 e. The smallest absolute Gasteiger partial charge is 0.409 e. The molecule has 1 atom stereocenters. The molecule has 1 heterocycles. The summed E-state index contributed by atoms with van der Waals surface area (Å²) in [6, 6.07) is 7.06. The maximum atomic E-state index is 12.5. The summed E-state index contributed by atoms with van der Waals surface area (Å²) in [5.41, 5.74) is 0.741. The van der Waals surface area contributed by atoms with Crippen LogP contribution in [0.3, 0.4) is 0 Å². The van der Waals surface area contributed by atoms with Crippen molar-refractivity contribution in [1.29, 1.82) is 0 Å². The number of piperazine rings is 1. The number of hydrogen-bond donors (Lipinski definition) is 1. The Morgan fingerprint density at radius 2 is 1.72 bits per heavy atom. The first kappa shape index (κ1) is 19.1. The molecule has 0 spiro atoms. The van der Waals surface area contributed by atoms with Crippen molar-refractivity contribution >= 4 is 17.7 Å². The van der Waals surface area contributed by atoms with E-state index in [0.717, 1.165) is 11.4 Å². The van der Waals surface area contributed by atoms with E-state index in [9.17, 15) is 9.59 Å². The van der Waals surface area contributed by atoms with Gasteiger partial charge in [-0.25, -0.2) is 4.79 Å². The predicted molar refractivity (Wildman–Crippen MR) is 95.9 cm³/mol. The molecule has 7 heteroatoms. The number of carbonyl (C=O) groups is 2. The summed E-state index contributed by atoms with van der Waals surface area (Å²) in [7, 11) is 0. The summed E-state index contributed by atoms with van der Waals surface area (Å²) < 4.78 is 10.4. The van der Waals surface area contributed by atoms with Crippen LogP contribution in [-0.2, 0) is 9.53 Å². The Hall–Kier alpha value is -2.28. The summed E-state index contributed by atoms with van der Waals surface area (Å²) in [5, 5.41) is 2.92. The van der Waals surface area contributed by atoms with E-state index < -0.39 is 0 Å². The number of ether oxygens (including phenoxy) is 2. The molecule has 1 aliphatic heterocycles. The molecule has 1 aromatic carbocycles. The van der Waals surface area contributed by atoms with E-state index in [1.54, 1.807) is 11.8 Å². The van der Waals surface area contributed by atoms with Crippen LogP contribution in [0.15, 0.2) is 24.3 Å². The van der Waals surface area contributed by atoms with Gasteiger partial charge in [-0.2, -0.15) is 0 Å². The van der Waals surface area contributed by atoms with Gasteiger partial charge in [0.2, 0.25) is 5.91 Å². The molecule has 0 saturated carbocycles. The molecule has 1 unspecified atom stereocenters. The lowest BCUT2D eigenvalue weighted by Crippen LogP contribution is -2.54. The van der Waals surface area contributed by atoms with Crippen LogP contribution in [0, 0.1) is 0 Å². The first-order valence-electron chi connectivity index (χ1n) is 8.74. The van der Waals surface area contributed by atoms with Crippen LogP contribution in [0.1, 0.15) is 20.8 Å². The minimum atomic E-state index is -0.284. The molecule has 0 radical (unpaired) electrons. The van der Waals surface area contributed by atoms with E-state index in [1.165, 1.54) is 0 Å². The third-order valence-corrected chi connectivity index (χ3v) is 4.20. The SMILES string of the molecule is CCOC(=O)N1CCN(C(C)C(=O)Nc2ccc(OCC)cc2)CC1. The number of carbonyl (C=O) groups excluding carboxylic acids is 2. The van der Waals surface area contributed by atoms with Crippen molar-refractivity contribution in [3.05, 3.63) is 24.3 Å². The number of amides is 2. The molecule has 0 bridgehead atoms. The van der Waals surface area contributed by atoms with E-state index in [1.807, 2.05) is 38.1 Å². The van der Waals surface area contributed by atoms with Gasteiger partial charge in [0.15, 0.2) is 0 Å². The molecule has 0 aromatic heterocycles. The van der Waals surface area contributed by atoms with E-state index in [-0.39, 0.29) is 18.0 Å². The average Bonchev–Trinajstić information content (AvgIpc) is 2.63. The molecular weight excluding hydrogens is 322 g/mol. The van der Waals surface area contributed by atoms with Gasteiger partial charge in [0.1, 0.15) is 5.75 Å². The van der Waals surface area contributed by atoms with Gasteiger partial charge >= 0.3 is 6.09 Å². The molecule has 7 nitrogen and oxygen atoms in total. The molecule has 1 aliphatic rings. The third-order valence-electron chi connectivity index (χ3n) is 4.20. The van der Waals surface area contributed by atoms with Crippen LogP contribution in [0.5, 0.6) is 5.75 Å². The van der Waals surface area contributed by atoms with Gasteiger partial charge < -0.3 is 19.7 Å². The number of benzene rings is 1. The fourth-order valence-corrected chi connectivity index (χ4v) is 2.72. The largest absolute Gasteiger partial charge is 0.494 e. The van der Waals surface area contributed by atoms with Crippen molar-refractivity contribution in [2.45, 2.75) is 26.8 Å². The topological polar surface area (TPSA) is 71.1 Å². The van der Waals surface area contributed by atoms with Crippen LogP contribution < -0.4 is 10.1 Å². The van der Waals surface area contributed by atoms with E-state index in [4.69, 9.17) is 9.47 Å². The maximum Gasteiger partial charge on any atom is 0.409 e. The second-order valence-electron chi connectivity index (χ2n) is 5.84. The van der Waals surface area contributed by atoms with E-state index in [2.05, 4.69) is 10.2 Å². The summed E-state index contributed by atoms with van der Waals surface area (Å²) in [4.78, 5) is 27.9. The maximum absolute atomic E-state index is 12.5. The van der Waals surface area contributed by atoms with Crippen molar-refractivity contribution in [3.8, 4) is 5.75 Å². The molecule has 0 aliphatic carbocycles. The highest BCUT2D eigenvalue weighted by Gasteiger charge is 2.27. The number of anilines is 1. The first-order chi connectivity index (χ1) is 12.0. The fourth-order valence-electron chi connectivity index (χ4n) is 2.72. The molecule has 1 fully saturated rings. The van der Waals surface area contributed by atoms with Crippen LogP contribution in [-0.4, -0.2) is 67.2 Å². The van der Waals surface area contributed by atoms with Gasteiger partial charge in [-0.15, -0.1) is 0 Å². The summed E-state index contributed by atoms with van der Waals surface area (Å²) in [6.45, 7) is 9.03. The lowest BCUT2D eigenvalue weighted by Gasteiger charge is -2.36. The van der Waals surface area contributed by atoms with Gasteiger partial charge in [-0.3, -0.25) is 9.69 Å². The number of nitrogens with zero attached hydrogens (tertiary/aromatic N) is 2. The van der Waals surface area contributed by atoms with Crippen molar-refractivity contribution in [1.82, 2.24) is 9.80 Å². The zero-order valence-electron chi connectivity index (χ0n) is 15.2. The highest BCUT2D eigenvalue weighted by atomic mass is 16.6. The van der Waals surface area contributed by atoms with Gasteiger partial charge in [0, 0.05) is 31.9 Å². The Balaban J connectivity index is 1.83. The lowest BCUT2D eigenvalue weighted by molar-refractivity contribution is -0.121. The molecule has 1 N–H and O–H groups in total. The van der Waals surface area contributed by atoms with Crippen LogP contribution in [0.4, 0.5) is 10.5 Å². The zero-order valence-corrected chi connectivity index (χ0v) is 15.2. The quantitative estimate of drug-likeness (QED) is 0.852. The van der Waals surface area contributed by atoms with Crippen molar-refractivity contribution in [3.63, 3.8) is 0 Å². The normalized spacial score (nSPS) is 16.2. The van der Waals surface area contributed by atoms with Crippen LogP contribution in [0.2, 0.25) is 0 Å². The first-order valence-corrected chi connectivity index (χ1v) is 8.74. The Bertz CT molecular complexity index is 568. The Labute approximate surface area is 148 Å². The predicted octanol–water partition coefficient (Wildman–Crippen LogP) is 2.19. The standard InChI is InChI=1S/C18H27N3O4/c1-4-24-16-8-6-15(7-9-16)19-17(22)14(3)20-10-12-21(13-11-20)18(23)25-5-2/h6-9,14H,4-5,10-13H2,1-3H3,(H,19,22). The van der Waals surface area contributed by atoms with E-state index in [0.29, 0.717) is 39.4 Å². The molecule has 2 rings (SSSR count). The molecular formula is C18H27N3O4. The second-order valence-corrected chi connectivity index (χ2v) is 5.84. The minimum absolute atomic E-state index is 0.0613. The van der Waals surface area contributed by atoms with Gasteiger partial charge in [0.05, 0.1) is 19.3 Å². The van der Waals surface area contributed by atoms with Gasteiger partial charge in [-0.1, -0.05) is 0 Å². The third kappa shape index (κ3) is 5.35. The van der Waals surface area contributed by atoms with Crippen molar-refractivity contribution in [2.75, 3.05) is 44.7 Å². The second kappa shape index (κ2) is 9.27. The average molecular weight is 349 g/mol. The molecule has 1 saturated heterocycles. The van der Waals surface area contributed by atoms with Gasteiger partial charge in [0.25, 0.3) is 0 Å². The number of hydrogen-bond acceptors (Lipinski definition) is 5. The fraction of sp³-hybridized carbons (Fsp3) is 0.556. The van der Waals surface area contributed by atoms with E-state index >= 15 is 0 Å². The van der Waals surface area contributed by atoms with Gasteiger partial charge in [-0.05, 0) is 45.0 Å². The Kier molecular flexibility index (Phi) is 7.06. The van der Waals surface area contributed by atoms with Crippen LogP contribution >= 0.6 is 0 Å². The monoisotopic (exact) mass is 349 g/mol. The number of nitrogens with one attached hydrogen (secondary N) is 1. The Morgan fingerprint density at radius 3 is 2.28 bits per heavy atom. The molecule has 25 heavy (non-hydrogen) atoms.